The summed E-state index contributed by atoms with van der Waals surface area (Å²) in [5.74, 6) is -0.450. The predicted octanol–water partition coefficient (Wildman–Crippen LogP) is 4.75. The molecule has 0 saturated heterocycles. The molecule has 148 valence electrons. The average molecular weight is 473 g/mol. The molecule has 1 N–H and O–H groups in total. The van der Waals surface area contributed by atoms with E-state index in [0.29, 0.717) is 17.0 Å². The molecule has 1 amide bonds. The minimum Gasteiger partial charge on any atom is -0.456 e. The molecule has 0 unspecified atom stereocenters. The molecule has 0 radical (unpaired) electrons. The summed E-state index contributed by atoms with van der Waals surface area (Å²) >= 11 is 3.32. The number of amides is 1. The number of nitrogens with one attached hydrogen (secondary N) is 1. The molecule has 8 heteroatoms. The van der Waals surface area contributed by atoms with Crippen LogP contribution in [0.15, 0.2) is 75.6 Å². The number of fused-ring (bicyclic) bond motifs is 3. The lowest BCUT2D eigenvalue weighted by Gasteiger charge is -2.22. The van der Waals surface area contributed by atoms with Crippen molar-refractivity contribution in [3.05, 3.63) is 71.2 Å². The molecule has 4 aromatic rings. The molecular formula is C21H17BrN2O4S. The summed E-state index contributed by atoms with van der Waals surface area (Å²) < 4.78 is 32.1. The Morgan fingerprint density at radius 2 is 1.69 bits per heavy atom. The van der Waals surface area contributed by atoms with E-state index in [0.717, 1.165) is 31.4 Å². The minimum atomic E-state index is -3.63. The number of halogens is 1. The Labute approximate surface area is 176 Å². The fraction of sp³-hybridized carbons (Fsp3) is 0.0952. The number of carbonyl (C=O) groups is 1. The zero-order valence-corrected chi connectivity index (χ0v) is 17.8. The summed E-state index contributed by atoms with van der Waals surface area (Å²) in [7, 11) is -3.63. The molecule has 1 heterocycles. The van der Waals surface area contributed by atoms with Crippen LogP contribution in [0.2, 0.25) is 0 Å². The van der Waals surface area contributed by atoms with Crippen LogP contribution in [0.5, 0.6) is 0 Å². The molecule has 29 heavy (non-hydrogen) atoms. The van der Waals surface area contributed by atoms with Gasteiger partial charge in [-0.05, 0) is 42.5 Å². The molecule has 0 aliphatic carbocycles. The van der Waals surface area contributed by atoms with Gasteiger partial charge in [-0.25, -0.2) is 8.42 Å². The zero-order chi connectivity index (χ0) is 20.6. The highest BCUT2D eigenvalue weighted by molar-refractivity contribution is 9.10. The predicted molar refractivity (Wildman–Crippen MR) is 119 cm³/mol. The largest absolute Gasteiger partial charge is 0.456 e. The number of hydrogen-bond acceptors (Lipinski definition) is 4. The first-order valence-corrected chi connectivity index (χ1v) is 11.4. The van der Waals surface area contributed by atoms with Crippen molar-refractivity contribution in [1.82, 2.24) is 0 Å². The molecule has 0 saturated carbocycles. The molecule has 0 spiro atoms. The van der Waals surface area contributed by atoms with E-state index < -0.39 is 15.9 Å². The number of rotatable bonds is 5. The van der Waals surface area contributed by atoms with E-state index >= 15 is 0 Å². The maximum atomic E-state index is 12.6. The van der Waals surface area contributed by atoms with Crippen LogP contribution in [0.1, 0.15) is 0 Å². The van der Waals surface area contributed by atoms with E-state index in [-0.39, 0.29) is 6.54 Å². The van der Waals surface area contributed by atoms with Gasteiger partial charge in [-0.3, -0.25) is 9.10 Å². The first kappa shape index (κ1) is 19.5. The fourth-order valence-electron chi connectivity index (χ4n) is 3.14. The Bertz CT molecular complexity index is 1310. The van der Waals surface area contributed by atoms with Crippen LogP contribution in [0.4, 0.5) is 11.4 Å². The summed E-state index contributed by atoms with van der Waals surface area (Å²) in [5, 5.41) is 4.70. The van der Waals surface area contributed by atoms with Crippen LogP contribution in [-0.2, 0) is 14.8 Å². The number of anilines is 2. The number of benzene rings is 3. The molecule has 0 bridgehead atoms. The molecule has 0 aliphatic heterocycles. The van der Waals surface area contributed by atoms with Crippen molar-refractivity contribution in [2.45, 2.75) is 0 Å². The van der Waals surface area contributed by atoms with Gasteiger partial charge in [-0.15, -0.1) is 0 Å². The van der Waals surface area contributed by atoms with E-state index in [9.17, 15) is 13.2 Å². The van der Waals surface area contributed by atoms with Crippen molar-refractivity contribution in [2.24, 2.45) is 0 Å². The number of nitrogens with zero attached hydrogens (tertiary/aromatic N) is 1. The molecular weight excluding hydrogens is 456 g/mol. The highest BCUT2D eigenvalue weighted by Crippen LogP contribution is 2.30. The van der Waals surface area contributed by atoms with E-state index in [1.54, 1.807) is 36.4 Å². The van der Waals surface area contributed by atoms with Crippen molar-refractivity contribution in [3.63, 3.8) is 0 Å². The van der Waals surface area contributed by atoms with Gasteiger partial charge in [0.1, 0.15) is 17.7 Å². The molecule has 1 aromatic heterocycles. The third-order valence-electron chi connectivity index (χ3n) is 4.46. The van der Waals surface area contributed by atoms with Crippen LogP contribution >= 0.6 is 15.9 Å². The second kappa shape index (κ2) is 7.53. The third-order valence-corrected chi connectivity index (χ3v) is 6.13. The number of hydrogen-bond donors (Lipinski definition) is 1. The lowest BCUT2D eigenvalue weighted by atomic mass is 10.1. The van der Waals surface area contributed by atoms with Crippen molar-refractivity contribution in [3.8, 4) is 0 Å². The van der Waals surface area contributed by atoms with Crippen molar-refractivity contribution in [2.75, 3.05) is 22.4 Å². The molecule has 0 fully saturated rings. The van der Waals surface area contributed by atoms with Crippen LogP contribution in [-0.4, -0.2) is 27.1 Å². The Morgan fingerprint density at radius 3 is 2.41 bits per heavy atom. The quantitative estimate of drug-likeness (QED) is 0.454. The fourth-order valence-corrected chi connectivity index (χ4v) is 4.26. The van der Waals surface area contributed by atoms with Crippen molar-refractivity contribution < 1.29 is 17.6 Å². The maximum absolute atomic E-state index is 12.6. The summed E-state index contributed by atoms with van der Waals surface area (Å²) in [6.45, 7) is -0.335. The van der Waals surface area contributed by atoms with Crippen molar-refractivity contribution >= 4 is 65.2 Å². The summed E-state index contributed by atoms with van der Waals surface area (Å²) in [5.41, 5.74) is 2.37. The molecule has 0 atom stereocenters. The second-order valence-corrected chi connectivity index (χ2v) is 9.43. The summed E-state index contributed by atoms with van der Waals surface area (Å²) in [6, 6.07) is 19.8. The Balaban J connectivity index is 1.57. The Hall–Kier alpha value is -2.84. The lowest BCUT2D eigenvalue weighted by molar-refractivity contribution is -0.114. The topological polar surface area (TPSA) is 79.6 Å². The van der Waals surface area contributed by atoms with E-state index in [2.05, 4.69) is 21.2 Å². The molecule has 0 aliphatic rings. The van der Waals surface area contributed by atoms with Gasteiger partial charge in [0.15, 0.2) is 0 Å². The van der Waals surface area contributed by atoms with Gasteiger partial charge < -0.3 is 9.73 Å². The second-order valence-electron chi connectivity index (χ2n) is 6.60. The van der Waals surface area contributed by atoms with Crippen LogP contribution in [0, 0.1) is 0 Å². The highest BCUT2D eigenvalue weighted by Gasteiger charge is 2.21. The first-order valence-electron chi connectivity index (χ1n) is 8.76. The number of furan rings is 1. The normalized spacial score (nSPS) is 11.7. The number of sulfonamides is 1. The van der Waals surface area contributed by atoms with E-state index in [1.807, 2.05) is 30.3 Å². The van der Waals surface area contributed by atoms with Gasteiger partial charge in [0.25, 0.3) is 0 Å². The zero-order valence-electron chi connectivity index (χ0n) is 15.4. The third kappa shape index (κ3) is 4.13. The van der Waals surface area contributed by atoms with Crippen molar-refractivity contribution in [1.29, 1.82) is 0 Å². The van der Waals surface area contributed by atoms with Gasteiger partial charge in [-0.1, -0.05) is 34.1 Å². The Morgan fingerprint density at radius 1 is 1.00 bits per heavy atom. The van der Waals surface area contributed by atoms with Gasteiger partial charge in [-0.2, -0.15) is 0 Å². The number of para-hydroxylation sites is 1. The Kier molecular flexibility index (Phi) is 5.06. The summed E-state index contributed by atoms with van der Waals surface area (Å²) in [6.07, 6.45) is 1.07. The molecule has 6 nitrogen and oxygen atoms in total. The lowest BCUT2D eigenvalue weighted by Crippen LogP contribution is -2.37. The van der Waals surface area contributed by atoms with Gasteiger partial charge in [0.05, 0.1) is 11.9 Å². The minimum absolute atomic E-state index is 0.335. The monoisotopic (exact) mass is 472 g/mol. The SMILES string of the molecule is CS(=O)(=O)N(CC(=O)Nc1ccc2c(c1)oc1ccccc12)c1ccc(Br)cc1. The van der Waals surface area contributed by atoms with Crippen LogP contribution < -0.4 is 9.62 Å². The molecule has 3 aromatic carbocycles. The van der Waals surface area contributed by atoms with Gasteiger partial charge in [0.2, 0.25) is 15.9 Å². The van der Waals surface area contributed by atoms with Crippen LogP contribution in [0.25, 0.3) is 21.9 Å². The first-order chi connectivity index (χ1) is 13.8. The standard InChI is InChI=1S/C21H17BrN2O4S/c1-29(26,27)24(16-9-6-14(22)7-10-16)13-21(25)23-15-8-11-18-17-4-2-3-5-19(17)28-20(18)12-15/h2-12H,13H2,1H3,(H,23,25). The van der Waals surface area contributed by atoms with E-state index in [1.165, 1.54) is 0 Å². The van der Waals surface area contributed by atoms with Crippen LogP contribution in [0.3, 0.4) is 0 Å². The van der Waals surface area contributed by atoms with Gasteiger partial charge in [0, 0.05) is 27.0 Å². The maximum Gasteiger partial charge on any atom is 0.245 e. The average Bonchev–Trinajstić information content (AvgIpc) is 3.04. The van der Waals surface area contributed by atoms with Gasteiger partial charge >= 0.3 is 0 Å². The summed E-state index contributed by atoms with van der Waals surface area (Å²) in [4.78, 5) is 12.6. The van der Waals surface area contributed by atoms with E-state index in [4.69, 9.17) is 4.42 Å². The highest BCUT2D eigenvalue weighted by atomic mass is 79.9. The number of carbonyl (C=O) groups excluding carboxylic acids is 1. The molecule has 4 rings (SSSR count). The smallest absolute Gasteiger partial charge is 0.245 e.